The number of hydrogen-bond donors (Lipinski definition) is 6. The average Bonchev–Trinajstić information content (AvgIpc) is 3.52. The van der Waals surface area contributed by atoms with Gasteiger partial charge in [-0.3, -0.25) is 18.5 Å². The maximum absolute atomic E-state index is 12.7. The molecule has 0 radical (unpaired) electrons. The first-order valence-electron chi connectivity index (χ1n) is 15.8. The largest absolute Gasteiger partial charge is 0.387 e. The molecular formula is C29H46ClN5O10P2. The van der Waals surface area contributed by atoms with E-state index in [1.807, 2.05) is 0 Å². The maximum atomic E-state index is 12.7. The van der Waals surface area contributed by atoms with Crippen LogP contribution in [0.1, 0.15) is 90.2 Å². The molecular weight excluding hydrogens is 676 g/mol. The second-order valence-electron chi connectivity index (χ2n) is 11.5. The minimum atomic E-state index is -4.86. The van der Waals surface area contributed by atoms with E-state index < -0.39 is 52.2 Å². The monoisotopic (exact) mass is 721 g/mol. The molecule has 2 aromatic rings. The van der Waals surface area contributed by atoms with Crippen molar-refractivity contribution in [2.45, 2.75) is 109 Å². The molecule has 18 heteroatoms. The van der Waals surface area contributed by atoms with Crippen LogP contribution in [-0.4, -0.2) is 81.1 Å². The van der Waals surface area contributed by atoms with Gasteiger partial charge in [-0.05, 0) is 50.1 Å². The first kappa shape index (κ1) is 39.4. The predicted molar refractivity (Wildman–Crippen MR) is 177 cm³/mol. The van der Waals surface area contributed by atoms with Gasteiger partial charge in [0, 0.05) is 6.42 Å². The van der Waals surface area contributed by atoms with Gasteiger partial charge >= 0.3 is 15.2 Å². The number of aliphatic hydroxyl groups is 2. The van der Waals surface area contributed by atoms with E-state index >= 15 is 0 Å². The Morgan fingerprint density at radius 2 is 1.66 bits per heavy atom. The van der Waals surface area contributed by atoms with Crippen LogP contribution in [0.2, 0.25) is 5.28 Å². The summed E-state index contributed by atoms with van der Waals surface area (Å²) in [7, 11) is -9.58. The van der Waals surface area contributed by atoms with Crippen LogP contribution in [0.3, 0.4) is 0 Å². The third-order valence-electron chi connectivity index (χ3n) is 7.42. The summed E-state index contributed by atoms with van der Waals surface area (Å²) < 4.78 is 34.7. The third kappa shape index (κ3) is 13.4. The molecule has 0 aliphatic carbocycles. The molecule has 1 saturated heterocycles. The van der Waals surface area contributed by atoms with Gasteiger partial charge in [0.2, 0.25) is 11.2 Å². The van der Waals surface area contributed by atoms with Crippen LogP contribution in [0.25, 0.3) is 11.2 Å². The number of fused-ring (bicyclic) bond motifs is 1. The molecule has 3 rings (SSSR count). The lowest BCUT2D eigenvalue weighted by Crippen LogP contribution is -2.33. The number of carbonyl (C=O) groups is 1. The number of nitrogens with one attached hydrogen (secondary N) is 1. The minimum absolute atomic E-state index is 0.0536. The van der Waals surface area contributed by atoms with Crippen molar-refractivity contribution in [1.82, 2.24) is 19.5 Å². The number of halogens is 1. The lowest BCUT2D eigenvalue weighted by Gasteiger charge is -2.18. The molecule has 47 heavy (non-hydrogen) atoms. The molecule has 264 valence electrons. The molecule has 0 spiro atoms. The van der Waals surface area contributed by atoms with Crippen LogP contribution in [0, 0.1) is 0 Å². The van der Waals surface area contributed by atoms with Gasteiger partial charge in [-0.1, -0.05) is 63.3 Å². The van der Waals surface area contributed by atoms with Crippen LogP contribution in [0.15, 0.2) is 30.6 Å². The minimum Gasteiger partial charge on any atom is -0.387 e. The Morgan fingerprint density at radius 1 is 1.00 bits per heavy atom. The van der Waals surface area contributed by atoms with Crippen molar-refractivity contribution in [3.63, 3.8) is 0 Å². The number of aromatic nitrogens is 4. The molecule has 1 unspecified atom stereocenters. The number of aliphatic hydroxyl groups excluding tert-OH is 2. The molecule has 1 amide bonds. The summed E-state index contributed by atoms with van der Waals surface area (Å²) in [6.45, 7) is 1.46. The van der Waals surface area contributed by atoms with Gasteiger partial charge in [-0.25, -0.2) is 4.98 Å². The quantitative estimate of drug-likeness (QED) is 0.0423. The first-order valence-corrected chi connectivity index (χ1v) is 19.8. The third-order valence-corrected chi connectivity index (χ3v) is 11.0. The summed E-state index contributed by atoms with van der Waals surface area (Å²) >= 11 is 6.12. The number of rotatable bonds is 21. The van der Waals surface area contributed by atoms with Crippen LogP contribution in [0.5, 0.6) is 0 Å². The fourth-order valence-corrected chi connectivity index (χ4v) is 7.75. The Balaban J connectivity index is 1.45. The van der Waals surface area contributed by atoms with Gasteiger partial charge in [0.15, 0.2) is 29.1 Å². The van der Waals surface area contributed by atoms with Crippen molar-refractivity contribution in [3.05, 3.63) is 35.9 Å². The van der Waals surface area contributed by atoms with Crippen molar-refractivity contribution in [3.8, 4) is 0 Å². The second-order valence-corrected chi connectivity index (χ2v) is 15.8. The molecule has 0 aromatic carbocycles. The van der Waals surface area contributed by atoms with E-state index in [-0.39, 0.29) is 34.6 Å². The number of ether oxygens (including phenoxy) is 1. The highest BCUT2D eigenvalue weighted by molar-refractivity contribution is 7.70. The number of unbranched alkanes of at least 4 members (excludes halogenated alkanes) is 8. The zero-order chi connectivity index (χ0) is 34.5. The highest BCUT2D eigenvalue weighted by Crippen LogP contribution is 2.55. The van der Waals surface area contributed by atoms with Crippen LogP contribution >= 0.6 is 26.8 Å². The van der Waals surface area contributed by atoms with Gasteiger partial charge in [-0.15, -0.1) is 0 Å². The van der Waals surface area contributed by atoms with Crippen LogP contribution < -0.4 is 5.32 Å². The SMILES string of the molecule is CCCCC/C=C\C/C=C\CCCCCCCC(=O)Nc1nc(Cl)nc2c1ncn2[C@@H]1O[C@H](COP(=O)(O)CP(=O)(O)O)[C@H](O)[C@@H]1O. The Morgan fingerprint density at radius 3 is 2.34 bits per heavy atom. The summed E-state index contributed by atoms with van der Waals surface area (Å²) in [6.07, 6.45) is 16.3. The average molecular weight is 722 g/mol. The number of amides is 1. The number of allylic oxidation sites excluding steroid dienone is 4. The van der Waals surface area contributed by atoms with Gasteiger partial charge in [0.1, 0.15) is 18.3 Å². The van der Waals surface area contributed by atoms with E-state index in [1.54, 1.807) is 0 Å². The highest BCUT2D eigenvalue weighted by atomic mass is 35.5. The fraction of sp³-hybridized carbons (Fsp3) is 0.655. The lowest BCUT2D eigenvalue weighted by molar-refractivity contribution is -0.116. The standard InChI is InChI=1S/C29H46ClN5O10P2/c1-2-3-4-5-6-7-8-9-10-11-12-13-14-15-16-17-22(36)32-26-23-27(34-29(30)33-26)35(19-31-23)28-25(38)24(37)21(45-28)18-44-47(42,43)20-46(39,40)41/h6-7,9-10,19,21,24-25,28,37-38H,2-5,8,11-18,20H2,1H3,(H,42,43)(H2,39,40,41)(H,32,33,34,36)/b7-6-,10-9-/t21-,24+,25+,28-/m1/s1. The fourth-order valence-electron chi connectivity index (χ4n) is 5.02. The van der Waals surface area contributed by atoms with Gasteiger partial charge < -0.3 is 39.5 Å². The number of imidazole rings is 1. The molecule has 1 aliphatic rings. The summed E-state index contributed by atoms with van der Waals surface area (Å²) in [5.74, 6) is -1.65. The van der Waals surface area contributed by atoms with E-state index in [2.05, 4.69) is 51.5 Å². The molecule has 1 aliphatic heterocycles. The summed E-state index contributed by atoms with van der Waals surface area (Å²) in [5.41, 5.74) is 0.221. The van der Waals surface area contributed by atoms with Crippen LogP contribution in [0.4, 0.5) is 5.82 Å². The Kier molecular flexibility index (Phi) is 16.1. The van der Waals surface area contributed by atoms with E-state index in [0.717, 1.165) is 44.9 Å². The van der Waals surface area contributed by atoms with Gasteiger partial charge in [0.25, 0.3) is 0 Å². The van der Waals surface area contributed by atoms with Crippen molar-refractivity contribution >= 4 is 49.7 Å². The zero-order valence-corrected chi connectivity index (χ0v) is 29.0. The lowest BCUT2D eigenvalue weighted by atomic mass is 10.1. The molecule has 0 bridgehead atoms. The molecule has 2 aromatic heterocycles. The Hall–Kier alpha value is -2.03. The molecule has 1 fully saturated rings. The smallest absolute Gasteiger partial charge is 0.340 e. The second kappa shape index (κ2) is 19.2. The van der Waals surface area contributed by atoms with E-state index in [0.29, 0.717) is 6.42 Å². The first-order chi connectivity index (χ1) is 22.3. The van der Waals surface area contributed by atoms with Crippen molar-refractivity contribution < 1.29 is 48.1 Å². The number of carbonyl (C=O) groups excluding carboxylic acids is 1. The maximum Gasteiger partial charge on any atom is 0.340 e. The Labute approximate surface area is 279 Å². The van der Waals surface area contributed by atoms with E-state index in [9.17, 15) is 29.0 Å². The molecule has 5 atom stereocenters. The molecule has 15 nitrogen and oxygen atoms in total. The van der Waals surface area contributed by atoms with Gasteiger partial charge in [0.05, 0.1) is 12.9 Å². The van der Waals surface area contributed by atoms with Crippen molar-refractivity contribution in [2.24, 2.45) is 0 Å². The summed E-state index contributed by atoms with van der Waals surface area (Å²) in [4.78, 5) is 52.7. The van der Waals surface area contributed by atoms with E-state index in [4.69, 9.17) is 30.6 Å². The molecule has 0 saturated carbocycles. The number of hydrogen-bond acceptors (Lipinski definition) is 10. The normalized spacial score (nSPS) is 21.7. The molecule has 6 N–H and O–H groups in total. The summed E-state index contributed by atoms with van der Waals surface area (Å²) in [5, 5.41) is 23.6. The van der Waals surface area contributed by atoms with Crippen LogP contribution in [-0.2, 0) is 23.2 Å². The van der Waals surface area contributed by atoms with Crippen molar-refractivity contribution in [1.29, 1.82) is 0 Å². The molecule has 3 heterocycles. The van der Waals surface area contributed by atoms with Gasteiger partial charge in [-0.2, -0.15) is 9.97 Å². The topological polar surface area (TPSA) is 226 Å². The number of nitrogens with zero attached hydrogens (tertiary/aromatic N) is 4. The zero-order valence-electron chi connectivity index (χ0n) is 26.4. The predicted octanol–water partition coefficient (Wildman–Crippen LogP) is 5.19. The summed E-state index contributed by atoms with van der Waals surface area (Å²) in [6, 6.07) is 0. The van der Waals surface area contributed by atoms with Crippen molar-refractivity contribution in [2.75, 3.05) is 17.8 Å². The number of anilines is 1. The Bertz CT molecular complexity index is 1450. The highest BCUT2D eigenvalue weighted by Gasteiger charge is 2.45. The van der Waals surface area contributed by atoms with E-state index in [1.165, 1.54) is 30.2 Å².